The fourth-order valence-electron chi connectivity index (χ4n) is 5.32. The summed E-state index contributed by atoms with van der Waals surface area (Å²) in [5.41, 5.74) is 16.6. The predicted octanol–water partition coefficient (Wildman–Crippen LogP) is 1.19. The third-order valence-electron chi connectivity index (χ3n) is 8.22. The molecule has 0 aromatic carbocycles. The van der Waals surface area contributed by atoms with Gasteiger partial charge in [-0.2, -0.15) is 12.6 Å². The van der Waals surface area contributed by atoms with E-state index in [-0.39, 0.29) is 61.5 Å². The number of carbonyl (C=O) groups excluding carboxylic acids is 5. The second-order valence-electron chi connectivity index (χ2n) is 13.0. The van der Waals surface area contributed by atoms with Crippen molar-refractivity contribution in [3.05, 3.63) is 0 Å². The fraction of sp³-hybridized carbons (Fsp3) is 0.743. The molecule has 0 spiro atoms. The Morgan fingerprint density at radius 1 is 0.846 bits per heavy atom. The summed E-state index contributed by atoms with van der Waals surface area (Å²) in [5, 5.41) is 18.1. The molecule has 52 heavy (non-hydrogen) atoms. The molecular weight excluding hydrogens is 691 g/mol. The molecule has 0 saturated carbocycles. The Bertz CT molecular complexity index is 1210. The number of carboxylic acids is 1. The number of carbonyl (C=O) groups is 6. The maximum Gasteiger partial charge on any atom is 0.306 e. The van der Waals surface area contributed by atoms with Crippen molar-refractivity contribution < 1.29 is 33.9 Å². The molecular formula is C35H63N9O7S. The second-order valence-corrected chi connectivity index (χ2v) is 13.4. The molecule has 296 valence electrons. The first kappa shape index (κ1) is 48.1. The summed E-state index contributed by atoms with van der Waals surface area (Å²) in [5.74, 6) is -5.39. The van der Waals surface area contributed by atoms with Gasteiger partial charge in [0.25, 0.3) is 0 Å². The van der Waals surface area contributed by atoms with Gasteiger partial charge in [-0.3, -0.25) is 43.7 Å². The Balaban J connectivity index is 6.02. The highest BCUT2D eigenvalue weighted by atomic mass is 32.1. The number of nitrogens with two attached hydrogens (primary N) is 3. The maximum atomic E-state index is 13.8. The highest BCUT2D eigenvalue weighted by Gasteiger charge is 2.33. The number of unbranched alkanes of at least 4 members (excludes halogenated alkanes) is 2. The summed E-state index contributed by atoms with van der Waals surface area (Å²) in [7, 11) is 0. The number of guanidine groups is 1. The van der Waals surface area contributed by atoms with Gasteiger partial charge in [-0.05, 0) is 64.3 Å². The Hall–Kier alpha value is -3.86. The number of aliphatic carboxylic acids is 1. The van der Waals surface area contributed by atoms with Crippen LogP contribution in [0.25, 0.3) is 0 Å². The summed E-state index contributed by atoms with van der Waals surface area (Å²) >= 11 is 4.27. The van der Waals surface area contributed by atoms with E-state index in [1.807, 2.05) is 6.92 Å². The van der Waals surface area contributed by atoms with Gasteiger partial charge in [0.05, 0.1) is 18.0 Å². The van der Waals surface area contributed by atoms with E-state index in [0.717, 1.165) is 0 Å². The average molecular weight is 754 g/mol. The minimum absolute atomic E-state index is 0.108. The van der Waals surface area contributed by atoms with Gasteiger partial charge in [-0.1, -0.05) is 20.3 Å². The molecule has 0 radical (unpaired) electrons. The summed E-state index contributed by atoms with van der Waals surface area (Å²) in [6.45, 7) is 8.42. The van der Waals surface area contributed by atoms with Crippen LogP contribution in [-0.2, 0) is 28.8 Å². The average Bonchev–Trinajstić information content (AvgIpc) is 3.08. The van der Waals surface area contributed by atoms with Gasteiger partial charge in [0.15, 0.2) is 17.5 Å². The number of amides is 3. The molecule has 0 rings (SSSR count). The third kappa shape index (κ3) is 22.2. The highest BCUT2D eigenvalue weighted by molar-refractivity contribution is 7.80. The van der Waals surface area contributed by atoms with Crippen molar-refractivity contribution in [2.45, 2.75) is 116 Å². The van der Waals surface area contributed by atoms with Gasteiger partial charge in [-0.25, -0.2) is 0 Å². The molecule has 5 unspecified atom stereocenters. The molecule has 0 aliphatic rings. The zero-order valence-corrected chi connectivity index (χ0v) is 32.2. The molecule has 17 heteroatoms. The number of carboxylic acid groups (broad SMARTS) is 1. The van der Waals surface area contributed by atoms with Crippen LogP contribution >= 0.6 is 12.6 Å². The van der Waals surface area contributed by atoms with Crippen molar-refractivity contribution >= 4 is 66.3 Å². The lowest BCUT2D eigenvalue weighted by molar-refractivity contribution is -0.144. The van der Waals surface area contributed by atoms with Crippen molar-refractivity contribution in [1.82, 2.24) is 16.0 Å². The fourth-order valence-corrected chi connectivity index (χ4v) is 5.58. The van der Waals surface area contributed by atoms with Gasteiger partial charge >= 0.3 is 5.97 Å². The lowest BCUT2D eigenvalue weighted by Gasteiger charge is -2.26. The number of Topliss-reactive ketones (excluding diaryl/α,β-unsaturated/α-hetero) is 2. The van der Waals surface area contributed by atoms with Crippen LogP contribution in [0.3, 0.4) is 0 Å². The number of nitrogens with zero attached hydrogens (tertiary/aromatic N) is 3. The molecule has 10 N–H and O–H groups in total. The Morgan fingerprint density at radius 3 is 2.08 bits per heavy atom. The number of hydrogen-bond acceptors (Lipinski definition) is 11. The van der Waals surface area contributed by atoms with E-state index < -0.39 is 53.5 Å². The molecule has 5 atom stereocenters. The van der Waals surface area contributed by atoms with Crippen LogP contribution in [0, 0.1) is 17.8 Å². The first-order valence-electron chi connectivity index (χ1n) is 18.2. The number of nitrogens with one attached hydrogen (secondary N) is 3. The molecule has 0 aliphatic carbocycles. The Labute approximate surface area is 313 Å². The lowest BCUT2D eigenvalue weighted by Crippen LogP contribution is -2.49. The van der Waals surface area contributed by atoms with Gasteiger partial charge < -0.3 is 38.3 Å². The molecule has 0 aliphatic heterocycles. The lowest BCUT2D eigenvalue weighted by atomic mass is 9.88. The molecule has 0 bridgehead atoms. The van der Waals surface area contributed by atoms with Crippen LogP contribution in [0.15, 0.2) is 15.0 Å². The SMILES string of the molecule is CCN=CCC=NC(CS)C(=O)NC(CCCCN)C(=O)CC(CCCN=C(N)N)C(=O)NC(C(=O)CC(CCCCNC(C)=O)C(=O)O)C(C)C. The zero-order chi connectivity index (χ0) is 39.5. The number of thiol groups is 1. The molecule has 0 heterocycles. The summed E-state index contributed by atoms with van der Waals surface area (Å²) < 4.78 is 0. The van der Waals surface area contributed by atoms with Crippen molar-refractivity contribution in [2.75, 3.05) is 31.9 Å². The van der Waals surface area contributed by atoms with Crippen LogP contribution < -0.4 is 33.2 Å². The number of aliphatic imine (C=N–C) groups is 3. The molecule has 0 aromatic rings. The minimum atomic E-state index is -1.12. The third-order valence-corrected chi connectivity index (χ3v) is 8.57. The number of rotatable bonds is 30. The van der Waals surface area contributed by atoms with Gasteiger partial charge in [0.1, 0.15) is 6.04 Å². The van der Waals surface area contributed by atoms with Crippen LogP contribution in [-0.4, -0.2) is 109 Å². The standard InChI is InChI=1S/C35H63N9O7S/c1-5-39-16-11-19-41-28(22-52)33(49)43-27(14-6-8-15-36)29(46)20-25(13-10-18-42-35(37)38)32(48)44-31(23(2)3)30(47)21-26(34(50)51)12-7-9-17-40-24(4)45/h16,19,23,25-28,31,52H,5-15,17-18,20-22,36H2,1-4H3,(H,40,45)(H,43,49)(H,44,48)(H,50,51)(H4,37,38,42). The van der Waals surface area contributed by atoms with E-state index in [4.69, 9.17) is 17.2 Å². The first-order valence-corrected chi connectivity index (χ1v) is 18.8. The normalized spacial score (nSPS) is 14.4. The molecule has 3 amide bonds. The van der Waals surface area contributed by atoms with Crippen LogP contribution in [0.1, 0.15) is 98.3 Å². The topological polar surface area (TPSA) is 274 Å². The zero-order valence-electron chi connectivity index (χ0n) is 31.4. The van der Waals surface area contributed by atoms with Crippen molar-refractivity contribution in [2.24, 2.45) is 49.9 Å². The molecule has 16 nitrogen and oxygen atoms in total. The van der Waals surface area contributed by atoms with Crippen LogP contribution in [0.2, 0.25) is 0 Å². The monoisotopic (exact) mass is 753 g/mol. The highest BCUT2D eigenvalue weighted by Crippen LogP contribution is 2.20. The van der Waals surface area contributed by atoms with E-state index >= 15 is 0 Å². The van der Waals surface area contributed by atoms with Crippen molar-refractivity contribution in [3.63, 3.8) is 0 Å². The van der Waals surface area contributed by atoms with Gasteiger partial charge in [-0.15, -0.1) is 0 Å². The molecule has 0 fully saturated rings. The summed E-state index contributed by atoms with van der Waals surface area (Å²) in [6.07, 6.45) is 6.47. The van der Waals surface area contributed by atoms with Crippen molar-refractivity contribution in [1.29, 1.82) is 0 Å². The van der Waals surface area contributed by atoms with E-state index in [0.29, 0.717) is 64.6 Å². The largest absolute Gasteiger partial charge is 0.481 e. The first-order chi connectivity index (χ1) is 24.7. The molecule has 0 aromatic heterocycles. The van der Waals surface area contributed by atoms with E-state index in [1.165, 1.54) is 6.92 Å². The Morgan fingerprint density at radius 2 is 1.50 bits per heavy atom. The smallest absolute Gasteiger partial charge is 0.306 e. The van der Waals surface area contributed by atoms with E-state index in [1.54, 1.807) is 26.3 Å². The van der Waals surface area contributed by atoms with E-state index in [9.17, 15) is 33.9 Å². The second kappa shape index (κ2) is 28.7. The maximum absolute atomic E-state index is 13.8. The summed E-state index contributed by atoms with van der Waals surface area (Å²) in [6, 6.07) is -2.76. The number of ketones is 2. The number of hydrogen-bond donors (Lipinski definition) is 8. The van der Waals surface area contributed by atoms with Crippen LogP contribution in [0.4, 0.5) is 0 Å². The van der Waals surface area contributed by atoms with Gasteiger partial charge in [0.2, 0.25) is 17.7 Å². The predicted molar refractivity (Wildman–Crippen MR) is 208 cm³/mol. The minimum Gasteiger partial charge on any atom is -0.481 e. The van der Waals surface area contributed by atoms with Crippen molar-refractivity contribution in [3.8, 4) is 0 Å². The van der Waals surface area contributed by atoms with E-state index in [2.05, 4.69) is 43.6 Å². The van der Waals surface area contributed by atoms with Gasteiger partial charge in [0, 0.05) is 69.9 Å². The molecule has 0 saturated heterocycles. The summed E-state index contributed by atoms with van der Waals surface area (Å²) in [4.78, 5) is 89.7. The quantitative estimate of drug-likeness (QED) is 0.0225. The Kier molecular flexibility index (Phi) is 26.6. The van der Waals surface area contributed by atoms with Crippen LogP contribution in [0.5, 0.6) is 0 Å².